The van der Waals surface area contributed by atoms with Gasteiger partial charge in [0.05, 0.1) is 14.4 Å². The van der Waals surface area contributed by atoms with E-state index in [2.05, 4.69) is 0 Å². The third kappa shape index (κ3) is 5.03. The van der Waals surface area contributed by atoms with E-state index >= 15 is 0 Å². The van der Waals surface area contributed by atoms with Crippen molar-refractivity contribution < 1.29 is 23.5 Å². The first-order chi connectivity index (χ1) is 14.0. The second kappa shape index (κ2) is 10.3. The Hall–Kier alpha value is -1.81. The Morgan fingerprint density at radius 1 is 1.00 bits per heavy atom. The van der Waals surface area contributed by atoms with Crippen LogP contribution in [0.3, 0.4) is 0 Å². The Morgan fingerprint density at radius 3 is 2.24 bits per heavy atom. The standard InChI is InChI=1S/C21H18ClIO5S/c1-26-13-28-20-16(22)19(27-12-14-8-4-2-5-9-14)17(23)18(24)21(20)29(25)15-10-6-3-7-11-15/h2-11,24H,12-13H2,1H3. The Labute approximate surface area is 190 Å². The van der Waals surface area contributed by atoms with E-state index in [-0.39, 0.29) is 40.6 Å². The number of hydrogen-bond donors (Lipinski definition) is 1. The average Bonchev–Trinajstić information content (AvgIpc) is 2.76. The van der Waals surface area contributed by atoms with E-state index in [0.717, 1.165) is 5.56 Å². The minimum absolute atomic E-state index is 0.0664. The first-order valence-corrected chi connectivity index (χ1v) is 11.1. The summed E-state index contributed by atoms with van der Waals surface area (Å²) in [6.07, 6.45) is 0. The highest BCUT2D eigenvalue weighted by molar-refractivity contribution is 14.1. The van der Waals surface area contributed by atoms with E-state index in [1.54, 1.807) is 24.3 Å². The largest absolute Gasteiger partial charge is 0.505 e. The van der Waals surface area contributed by atoms with Crippen molar-refractivity contribution in [2.24, 2.45) is 0 Å². The van der Waals surface area contributed by atoms with Crippen molar-refractivity contribution in [1.29, 1.82) is 0 Å². The van der Waals surface area contributed by atoms with Crippen LogP contribution in [0.25, 0.3) is 0 Å². The second-order valence-corrected chi connectivity index (χ2v) is 8.74. The maximum absolute atomic E-state index is 13.2. The number of halogens is 2. The molecular weight excluding hydrogens is 527 g/mol. The van der Waals surface area contributed by atoms with Crippen LogP contribution in [0.15, 0.2) is 70.5 Å². The van der Waals surface area contributed by atoms with Gasteiger partial charge in [0.2, 0.25) is 0 Å². The van der Waals surface area contributed by atoms with Crippen LogP contribution < -0.4 is 9.47 Å². The molecule has 29 heavy (non-hydrogen) atoms. The Morgan fingerprint density at radius 2 is 1.62 bits per heavy atom. The van der Waals surface area contributed by atoms with Crippen molar-refractivity contribution in [2.75, 3.05) is 13.9 Å². The lowest BCUT2D eigenvalue weighted by Gasteiger charge is -2.19. The Kier molecular flexibility index (Phi) is 7.77. The number of phenolic OH excluding ortho intramolecular Hbond substituents is 1. The van der Waals surface area contributed by atoms with Crippen molar-refractivity contribution in [1.82, 2.24) is 0 Å². The van der Waals surface area contributed by atoms with Gasteiger partial charge in [0, 0.05) is 12.0 Å². The number of benzene rings is 3. The van der Waals surface area contributed by atoms with Crippen LogP contribution >= 0.6 is 34.2 Å². The van der Waals surface area contributed by atoms with Gasteiger partial charge in [-0.25, -0.2) is 4.21 Å². The fourth-order valence-electron chi connectivity index (χ4n) is 2.55. The molecule has 0 saturated carbocycles. The average molecular weight is 545 g/mol. The van der Waals surface area contributed by atoms with Crippen LogP contribution in [0.4, 0.5) is 0 Å². The molecule has 0 aliphatic rings. The molecular formula is C21H18ClIO5S. The first kappa shape index (κ1) is 21.9. The number of rotatable bonds is 8. The molecule has 0 aliphatic heterocycles. The van der Waals surface area contributed by atoms with Gasteiger partial charge >= 0.3 is 0 Å². The van der Waals surface area contributed by atoms with Gasteiger partial charge in [-0.2, -0.15) is 0 Å². The van der Waals surface area contributed by atoms with Crippen molar-refractivity contribution in [2.45, 2.75) is 16.4 Å². The topological polar surface area (TPSA) is 65.0 Å². The molecule has 0 bridgehead atoms. The van der Waals surface area contributed by atoms with E-state index < -0.39 is 10.8 Å². The number of hydrogen-bond acceptors (Lipinski definition) is 5. The van der Waals surface area contributed by atoms with E-state index in [4.69, 9.17) is 25.8 Å². The predicted molar refractivity (Wildman–Crippen MR) is 120 cm³/mol. The lowest BCUT2D eigenvalue weighted by molar-refractivity contribution is 0.0486. The quantitative estimate of drug-likeness (QED) is 0.305. The van der Waals surface area contributed by atoms with E-state index in [1.807, 2.05) is 59.0 Å². The molecule has 0 amide bonds. The molecule has 1 atom stereocenters. The third-order valence-electron chi connectivity index (χ3n) is 3.92. The predicted octanol–water partition coefficient (Wildman–Crippen LogP) is 5.38. The molecule has 3 aromatic carbocycles. The Balaban J connectivity index is 2.05. The monoisotopic (exact) mass is 544 g/mol. The summed E-state index contributed by atoms with van der Waals surface area (Å²) in [5.41, 5.74) is 0.940. The Bertz CT molecular complexity index is 999. The van der Waals surface area contributed by atoms with Gasteiger partial charge in [0.25, 0.3) is 0 Å². The van der Waals surface area contributed by atoms with Gasteiger partial charge in [-0.3, -0.25) is 0 Å². The zero-order chi connectivity index (χ0) is 20.8. The number of methoxy groups -OCH3 is 1. The maximum atomic E-state index is 13.2. The van der Waals surface area contributed by atoms with Crippen LogP contribution in [0, 0.1) is 3.57 Å². The van der Waals surface area contributed by atoms with Gasteiger partial charge in [-0.15, -0.1) is 0 Å². The summed E-state index contributed by atoms with van der Waals surface area (Å²) in [6.45, 7) is 0.123. The highest BCUT2D eigenvalue weighted by atomic mass is 127. The van der Waals surface area contributed by atoms with Crippen molar-refractivity contribution in [3.63, 3.8) is 0 Å². The SMILES string of the molecule is COCOc1c(Cl)c(OCc2ccccc2)c(I)c(O)c1S(=O)c1ccccc1. The lowest BCUT2D eigenvalue weighted by atomic mass is 10.2. The summed E-state index contributed by atoms with van der Waals surface area (Å²) in [4.78, 5) is 0.588. The van der Waals surface area contributed by atoms with Crippen LogP contribution in [-0.2, 0) is 22.1 Å². The minimum atomic E-state index is -1.72. The summed E-state index contributed by atoms with van der Waals surface area (Å²) in [5.74, 6) is 0.122. The van der Waals surface area contributed by atoms with Crippen molar-refractivity contribution in [3.8, 4) is 17.2 Å². The zero-order valence-electron chi connectivity index (χ0n) is 15.4. The molecule has 152 valence electrons. The molecule has 0 aromatic heterocycles. The molecule has 0 radical (unpaired) electrons. The molecule has 0 aliphatic carbocycles. The number of phenols is 1. The molecule has 3 aromatic rings. The second-order valence-electron chi connectivity index (χ2n) is 5.87. The fourth-order valence-corrected chi connectivity index (χ4v) is 5.19. The molecule has 3 rings (SSSR count). The molecule has 0 spiro atoms. The highest BCUT2D eigenvalue weighted by Crippen LogP contribution is 2.49. The normalized spacial score (nSPS) is 11.8. The van der Waals surface area contributed by atoms with Gasteiger partial charge in [0.15, 0.2) is 24.0 Å². The molecule has 5 nitrogen and oxygen atoms in total. The summed E-state index contributed by atoms with van der Waals surface area (Å²) >= 11 is 8.49. The van der Waals surface area contributed by atoms with Gasteiger partial charge in [0.1, 0.15) is 16.5 Å². The highest BCUT2D eigenvalue weighted by Gasteiger charge is 2.28. The van der Waals surface area contributed by atoms with Crippen molar-refractivity contribution >= 4 is 45.0 Å². The van der Waals surface area contributed by atoms with E-state index in [0.29, 0.717) is 8.47 Å². The summed E-state index contributed by atoms with van der Waals surface area (Å²) < 4.78 is 30.0. The molecule has 0 saturated heterocycles. The molecule has 0 fully saturated rings. The smallest absolute Gasteiger partial charge is 0.188 e. The van der Waals surface area contributed by atoms with Gasteiger partial charge in [-0.1, -0.05) is 60.1 Å². The number of aromatic hydroxyl groups is 1. The minimum Gasteiger partial charge on any atom is -0.505 e. The van der Waals surface area contributed by atoms with Gasteiger partial charge < -0.3 is 19.3 Å². The molecule has 8 heteroatoms. The first-order valence-electron chi connectivity index (χ1n) is 8.53. The molecule has 1 unspecified atom stereocenters. The van der Waals surface area contributed by atoms with E-state index in [1.165, 1.54) is 7.11 Å². The van der Waals surface area contributed by atoms with Crippen LogP contribution in [0.2, 0.25) is 5.02 Å². The summed E-state index contributed by atoms with van der Waals surface area (Å²) in [7, 11) is -0.258. The summed E-state index contributed by atoms with van der Waals surface area (Å²) in [6, 6.07) is 18.3. The van der Waals surface area contributed by atoms with Crippen LogP contribution in [0.1, 0.15) is 5.56 Å². The fraction of sp³-hybridized carbons (Fsp3) is 0.143. The maximum Gasteiger partial charge on any atom is 0.188 e. The number of ether oxygens (including phenoxy) is 3. The zero-order valence-corrected chi connectivity index (χ0v) is 19.2. The molecule has 0 heterocycles. The van der Waals surface area contributed by atoms with Gasteiger partial charge in [-0.05, 0) is 40.3 Å². The van der Waals surface area contributed by atoms with E-state index in [9.17, 15) is 9.32 Å². The summed E-state index contributed by atoms with van der Waals surface area (Å²) in [5, 5.41) is 11.0. The van der Waals surface area contributed by atoms with Crippen molar-refractivity contribution in [3.05, 3.63) is 74.8 Å². The third-order valence-corrected chi connectivity index (χ3v) is 6.71. The molecule has 1 N–H and O–H groups in total. The lowest BCUT2D eigenvalue weighted by Crippen LogP contribution is -2.07. The van der Waals surface area contributed by atoms with Crippen LogP contribution in [0.5, 0.6) is 17.2 Å². The van der Waals surface area contributed by atoms with Crippen LogP contribution in [-0.4, -0.2) is 23.2 Å².